The Bertz CT molecular complexity index is 2090. The van der Waals surface area contributed by atoms with Crippen LogP contribution >= 0.6 is 23.2 Å². The zero-order valence-electron chi connectivity index (χ0n) is 25.8. The van der Waals surface area contributed by atoms with Gasteiger partial charge in [-0.05, 0) is 78.6 Å². The van der Waals surface area contributed by atoms with Crippen LogP contribution in [-0.4, -0.2) is 40.4 Å². The molecule has 1 N–H and O–H groups in total. The molecule has 11 nitrogen and oxygen atoms in total. The number of methoxy groups -OCH3 is 1. The number of amides is 1. The first-order chi connectivity index (χ1) is 22.5. The fraction of sp³-hybridized carbons (Fsp3) is 0.176. The predicted molar refractivity (Wildman–Crippen MR) is 183 cm³/mol. The second-order valence-corrected chi connectivity index (χ2v) is 11.7. The van der Waals surface area contributed by atoms with E-state index < -0.39 is 28.7 Å². The summed E-state index contributed by atoms with van der Waals surface area (Å²) in [6.45, 7) is 5.41. The van der Waals surface area contributed by atoms with Gasteiger partial charge in [0.2, 0.25) is 5.75 Å². The van der Waals surface area contributed by atoms with Gasteiger partial charge in [-0.1, -0.05) is 49.2 Å². The molecular formula is C34H29Cl2N5O6. The van der Waals surface area contributed by atoms with Gasteiger partial charge < -0.3 is 14.8 Å². The SMILES string of the molecule is COc1cc(C)c(-c2nc3ccccc3c(=O)n2N=Cc2cc(Cl)c(OCC(=O)Nc3ccc(Cl)cc3)c([N+](=O)[O-])c2)cc1C(C)C. The number of aryl methyl sites for hydroxylation is 1. The lowest BCUT2D eigenvalue weighted by molar-refractivity contribution is -0.385. The third-order valence-corrected chi connectivity index (χ3v) is 7.77. The number of anilines is 1. The molecule has 0 saturated carbocycles. The van der Waals surface area contributed by atoms with Crippen molar-refractivity contribution in [3.8, 4) is 22.9 Å². The van der Waals surface area contributed by atoms with Crippen molar-refractivity contribution in [2.75, 3.05) is 19.0 Å². The van der Waals surface area contributed by atoms with E-state index in [0.717, 1.165) is 15.8 Å². The summed E-state index contributed by atoms with van der Waals surface area (Å²) >= 11 is 12.3. The Balaban J connectivity index is 1.53. The summed E-state index contributed by atoms with van der Waals surface area (Å²) in [6.07, 6.45) is 1.28. The molecule has 0 bridgehead atoms. The average Bonchev–Trinajstić information content (AvgIpc) is 3.04. The van der Waals surface area contributed by atoms with E-state index in [4.69, 9.17) is 37.7 Å². The van der Waals surface area contributed by atoms with E-state index in [1.807, 2.05) is 32.9 Å². The number of para-hydroxylation sites is 1. The summed E-state index contributed by atoms with van der Waals surface area (Å²) < 4.78 is 12.2. The highest BCUT2D eigenvalue weighted by Gasteiger charge is 2.22. The highest BCUT2D eigenvalue weighted by Crippen LogP contribution is 2.37. The Labute approximate surface area is 279 Å². The number of fused-ring (bicyclic) bond motifs is 1. The number of carbonyl (C=O) groups excluding carboxylic acids is 1. The van der Waals surface area contributed by atoms with Gasteiger partial charge in [0.15, 0.2) is 12.4 Å². The van der Waals surface area contributed by atoms with Gasteiger partial charge in [-0.3, -0.25) is 19.7 Å². The molecule has 240 valence electrons. The Hall–Kier alpha value is -5.26. The Kier molecular flexibility index (Phi) is 9.88. The van der Waals surface area contributed by atoms with Crippen LogP contribution in [0.25, 0.3) is 22.3 Å². The standard InChI is InChI=1S/C34H29Cl2N5O6/c1-19(2)25-16-26(20(3)13-30(25)46-4)33-39-28-8-6-5-7-24(28)34(43)40(33)37-17-21-14-27(36)32(29(15-21)41(44)45)47-18-31(42)38-23-11-9-22(35)10-12-23/h5-17,19H,18H2,1-4H3,(H,38,42). The van der Waals surface area contributed by atoms with Crippen molar-refractivity contribution in [3.63, 3.8) is 0 Å². The van der Waals surface area contributed by atoms with Crippen molar-refractivity contribution in [3.05, 3.63) is 120 Å². The van der Waals surface area contributed by atoms with Crippen LogP contribution in [0.3, 0.4) is 0 Å². The highest BCUT2D eigenvalue weighted by atomic mass is 35.5. The lowest BCUT2D eigenvalue weighted by atomic mass is 9.96. The van der Waals surface area contributed by atoms with Gasteiger partial charge in [-0.2, -0.15) is 9.78 Å². The minimum atomic E-state index is -0.682. The summed E-state index contributed by atoms with van der Waals surface area (Å²) in [4.78, 5) is 42.3. The van der Waals surface area contributed by atoms with Crippen LogP contribution in [0.15, 0.2) is 82.7 Å². The van der Waals surface area contributed by atoms with Crippen molar-refractivity contribution in [1.82, 2.24) is 9.66 Å². The minimum Gasteiger partial charge on any atom is -0.496 e. The zero-order valence-corrected chi connectivity index (χ0v) is 27.3. The number of nitrogens with one attached hydrogen (secondary N) is 1. The minimum absolute atomic E-state index is 0.111. The molecule has 5 rings (SSSR count). The van der Waals surface area contributed by atoms with Crippen LogP contribution < -0.4 is 20.3 Å². The fourth-order valence-corrected chi connectivity index (χ4v) is 5.32. The quantitative estimate of drug-likeness (QED) is 0.0914. The molecule has 0 aliphatic heterocycles. The van der Waals surface area contributed by atoms with Gasteiger partial charge in [-0.25, -0.2) is 4.98 Å². The van der Waals surface area contributed by atoms with Crippen molar-refractivity contribution < 1.29 is 19.2 Å². The number of halogens is 2. The van der Waals surface area contributed by atoms with Gasteiger partial charge in [0, 0.05) is 27.9 Å². The molecular weight excluding hydrogens is 645 g/mol. The number of benzene rings is 4. The van der Waals surface area contributed by atoms with Crippen molar-refractivity contribution >= 4 is 57.6 Å². The molecule has 0 spiro atoms. The first kappa shape index (κ1) is 33.1. The fourth-order valence-electron chi connectivity index (χ4n) is 4.92. The van der Waals surface area contributed by atoms with E-state index in [0.29, 0.717) is 32.9 Å². The Morgan fingerprint density at radius 3 is 2.51 bits per heavy atom. The van der Waals surface area contributed by atoms with E-state index >= 15 is 0 Å². The number of rotatable bonds is 10. The lowest BCUT2D eigenvalue weighted by Crippen LogP contribution is -2.21. The molecule has 47 heavy (non-hydrogen) atoms. The third-order valence-electron chi connectivity index (χ3n) is 7.23. The van der Waals surface area contributed by atoms with Crippen molar-refractivity contribution in [2.24, 2.45) is 5.10 Å². The monoisotopic (exact) mass is 673 g/mol. The smallest absolute Gasteiger partial charge is 0.313 e. The number of nitro benzene ring substituents is 1. The van der Waals surface area contributed by atoms with E-state index in [9.17, 15) is 19.7 Å². The summed E-state index contributed by atoms with van der Waals surface area (Å²) in [5, 5.41) is 19.8. The van der Waals surface area contributed by atoms with Crippen LogP contribution in [0.5, 0.6) is 11.5 Å². The van der Waals surface area contributed by atoms with Gasteiger partial charge in [0.05, 0.1) is 34.2 Å². The van der Waals surface area contributed by atoms with Crippen LogP contribution in [0, 0.1) is 17.0 Å². The predicted octanol–water partition coefficient (Wildman–Crippen LogP) is 7.62. The largest absolute Gasteiger partial charge is 0.496 e. The van der Waals surface area contributed by atoms with Crippen molar-refractivity contribution in [2.45, 2.75) is 26.7 Å². The molecule has 1 heterocycles. The molecule has 1 amide bonds. The van der Waals surface area contributed by atoms with E-state index in [-0.39, 0.29) is 28.1 Å². The molecule has 0 fully saturated rings. The molecule has 1 aromatic heterocycles. The maximum Gasteiger partial charge on any atom is 0.313 e. The topological polar surface area (TPSA) is 138 Å². The maximum atomic E-state index is 13.8. The summed E-state index contributed by atoms with van der Waals surface area (Å²) in [5.41, 5.74) is 2.63. The molecule has 0 radical (unpaired) electrons. The zero-order chi connectivity index (χ0) is 33.8. The lowest BCUT2D eigenvalue weighted by Gasteiger charge is -2.17. The normalized spacial score (nSPS) is 11.3. The summed E-state index contributed by atoms with van der Waals surface area (Å²) in [7, 11) is 1.60. The number of aromatic nitrogens is 2. The number of nitro groups is 1. The Morgan fingerprint density at radius 2 is 1.83 bits per heavy atom. The molecule has 0 aliphatic carbocycles. The van der Waals surface area contributed by atoms with Gasteiger partial charge in [0.25, 0.3) is 11.5 Å². The first-order valence-electron chi connectivity index (χ1n) is 14.4. The molecule has 5 aromatic rings. The van der Waals surface area contributed by atoms with E-state index in [1.54, 1.807) is 55.6 Å². The van der Waals surface area contributed by atoms with Gasteiger partial charge in [-0.15, -0.1) is 0 Å². The second-order valence-electron chi connectivity index (χ2n) is 10.8. The van der Waals surface area contributed by atoms with E-state index in [2.05, 4.69) is 10.4 Å². The molecule has 0 atom stereocenters. The first-order valence-corrected chi connectivity index (χ1v) is 15.1. The number of hydrogen-bond acceptors (Lipinski definition) is 8. The molecule has 0 saturated heterocycles. The third kappa shape index (κ3) is 7.26. The number of hydrogen-bond donors (Lipinski definition) is 1. The highest BCUT2D eigenvalue weighted by molar-refractivity contribution is 6.32. The number of nitrogens with zero attached hydrogens (tertiary/aromatic N) is 4. The maximum absolute atomic E-state index is 13.8. The molecule has 0 aliphatic rings. The Morgan fingerprint density at radius 1 is 1.11 bits per heavy atom. The van der Waals surface area contributed by atoms with Crippen LogP contribution in [0.2, 0.25) is 10.0 Å². The molecule has 4 aromatic carbocycles. The average molecular weight is 675 g/mol. The second kappa shape index (κ2) is 14.0. The van der Waals surface area contributed by atoms with Crippen molar-refractivity contribution in [1.29, 1.82) is 0 Å². The van der Waals surface area contributed by atoms with E-state index in [1.165, 1.54) is 18.3 Å². The van der Waals surface area contributed by atoms with Crippen LogP contribution in [0.4, 0.5) is 11.4 Å². The van der Waals surface area contributed by atoms with Gasteiger partial charge >= 0.3 is 5.69 Å². The molecule has 0 unspecified atom stereocenters. The molecule has 13 heteroatoms. The number of ether oxygens (including phenoxy) is 2. The van der Waals surface area contributed by atoms with Crippen LogP contribution in [-0.2, 0) is 4.79 Å². The number of carbonyl (C=O) groups is 1. The van der Waals surface area contributed by atoms with Crippen LogP contribution in [0.1, 0.15) is 36.5 Å². The summed E-state index contributed by atoms with van der Waals surface area (Å²) in [6, 6.07) is 19.7. The van der Waals surface area contributed by atoms with Gasteiger partial charge in [0.1, 0.15) is 5.75 Å². The summed E-state index contributed by atoms with van der Waals surface area (Å²) in [5.74, 6) is 0.250.